The molecule has 14 heteroatoms. The number of hydrogen-bond donors (Lipinski definition) is 1. The van der Waals surface area contributed by atoms with E-state index in [1.165, 1.54) is 6.26 Å². The lowest BCUT2D eigenvalue weighted by atomic mass is 9.95. The van der Waals surface area contributed by atoms with Gasteiger partial charge in [-0.15, -0.1) is 6.26 Å². The van der Waals surface area contributed by atoms with Gasteiger partial charge in [0.25, 0.3) is 5.91 Å². The largest absolute Gasteiger partial charge is 0.456 e. The average Bonchev–Trinajstić information content (AvgIpc) is 3.69. The molecule has 2 aromatic heterocycles. The third-order valence-electron chi connectivity index (χ3n) is 7.91. The average molecular weight is 684 g/mol. The smallest absolute Gasteiger partial charge is 0.301 e. The van der Waals surface area contributed by atoms with Crippen LogP contribution in [0.15, 0.2) is 59.0 Å². The highest BCUT2D eigenvalue weighted by atomic mass is 35.5. The van der Waals surface area contributed by atoms with Crippen molar-refractivity contribution in [2.45, 2.75) is 56.8 Å². The fourth-order valence-electron chi connectivity index (χ4n) is 5.52. The highest BCUT2D eigenvalue weighted by molar-refractivity contribution is 7.74. The van der Waals surface area contributed by atoms with Crippen LogP contribution >= 0.6 is 11.6 Å². The Bertz CT molecular complexity index is 1840. The molecule has 0 aliphatic carbocycles. The number of hydrogen-bond acceptors (Lipinski definition) is 10. The molecule has 0 spiro atoms. The van der Waals surface area contributed by atoms with Crippen molar-refractivity contribution in [3.05, 3.63) is 65.2 Å². The number of imidazole rings is 1. The molecule has 1 amide bonds. The molecule has 2 fully saturated rings. The van der Waals surface area contributed by atoms with Crippen LogP contribution in [0.4, 0.5) is 0 Å². The number of rotatable bonds is 10. The Morgan fingerprint density at radius 3 is 2.59 bits per heavy atom. The van der Waals surface area contributed by atoms with E-state index in [-0.39, 0.29) is 26.0 Å². The first kappa shape index (κ1) is 32.8. The summed E-state index contributed by atoms with van der Waals surface area (Å²) in [4.78, 5) is 22.5. The molecule has 2 aliphatic heterocycles. The Morgan fingerprint density at radius 1 is 1.09 bits per heavy atom. The minimum absolute atomic E-state index is 0.143. The van der Waals surface area contributed by atoms with Crippen LogP contribution in [-0.2, 0) is 35.7 Å². The van der Waals surface area contributed by atoms with E-state index >= 15 is 0 Å². The van der Waals surface area contributed by atoms with E-state index in [1.807, 2.05) is 30.3 Å². The molecule has 0 bridgehead atoms. The molecule has 0 unspecified atom stereocenters. The number of carbonyl (C=O) groups is 1. The number of nitrogens with zero attached hydrogens (tertiary/aromatic N) is 4. The third kappa shape index (κ3) is 7.05. The van der Waals surface area contributed by atoms with Crippen LogP contribution in [-0.4, -0.2) is 84.1 Å². The SMILES string of the molecule is C[S-](=O)=NC(=O)c1ccc(-c2nc3c(cc2Cl)nc(O[C@@H]2CO[C@H]4[C@@H]2OC[C@H]4O)n3COCC[Si](C)(C)C)c(-c2ccccc2)c1. The van der Waals surface area contributed by atoms with Gasteiger partial charge in [-0.2, -0.15) is 15.6 Å². The molecule has 4 aromatic rings. The summed E-state index contributed by atoms with van der Waals surface area (Å²) in [5.74, 6) is -0.578. The van der Waals surface area contributed by atoms with E-state index in [9.17, 15) is 14.1 Å². The number of carbonyl (C=O) groups excluding carboxylic acids is 1. The fraction of sp³-hybridized carbons (Fsp3) is 0.406. The highest BCUT2D eigenvalue weighted by Gasteiger charge is 2.49. The number of fused-ring (bicyclic) bond motifs is 2. The maximum Gasteiger partial charge on any atom is 0.301 e. The summed E-state index contributed by atoms with van der Waals surface area (Å²) in [6.45, 7) is 8.02. The Balaban J connectivity index is 1.43. The summed E-state index contributed by atoms with van der Waals surface area (Å²) in [6, 6.07) is 17.7. The normalized spacial score (nSPS) is 22.0. The molecule has 244 valence electrons. The minimum Gasteiger partial charge on any atom is -0.456 e. The van der Waals surface area contributed by atoms with Crippen molar-refractivity contribution in [1.29, 1.82) is 0 Å². The van der Waals surface area contributed by atoms with Crippen molar-refractivity contribution in [2.75, 3.05) is 26.1 Å². The van der Waals surface area contributed by atoms with Crippen molar-refractivity contribution in [3.8, 4) is 28.4 Å². The number of aliphatic hydroxyl groups is 1. The van der Waals surface area contributed by atoms with Crippen LogP contribution in [0.1, 0.15) is 10.4 Å². The summed E-state index contributed by atoms with van der Waals surface area (Å²) in [5, 5.41) is 10.6. The first-order valence-corrected chi connectivity index (χ1v) is 20.6. The second-order valence-electron chi connectivity index (χ2n) is 12.6. The van der Waals surface area contributed by atoms with Gasteiger partial charge in [0.15, 0.2) is 11.8 Å². The van der Waals surface area contributed by atoms with Crippen LogP contribution in [0.25, 0.3) is 33.5 Å². The first-order chi connectivity index (χ1) is 22.0. The van der Waals surface area contributed by atoms with E-state index in [2.05, 4.69) is 24.0 Å². The van der Waals surface area contributed by atoms with E-state index in [1.54, 1.807) is 28.8 Å². The summed E-state index contributed by atoms with van der Waals surface area (Å²) in [5.41, 5.74) is 4.01. The second-order valence-corrected chi connectivity index (χ2v) is 19.7. The van der Waals surface area contributed by atoms with Crippen LogP contribution in [0, 0.1) is 0 Å². The van der Waals surface area contributed by atoms with Crippen molar-refractivity contribution in [2.24, 2.45) is 4.36 Å². The molecular formula is C32H36ClN4O7SSi-. The van der Waals surface area contributed by atoms with E-state index < -0.39 is 49.0 Å². The lowest BCUT2D eigenvalue weighted by Gasteiger charge is -2.19. The molecule has 11 nitrogen and oxygen atoms in total. The van der Waals surface area contributed by atoms with Gasteiger partial charge in [0.2, 0.25) is 0 Å². The van der Waals surface area contributed by atoms with Crippen LogP contribution in [0.2, 0.25) is 30.7 Å². The number of aromatic nitrogens is 3. The van der Waals surface area contributed by atoms with Gasteiger partial charge < -0.3 is 32.6 Å². The highest BCUT2D eigenvalue weighted by Crippen LogP contribution is 2.38. The Morgan fingerprint density at radius 2 is 1.85 bits per heavy atom. The standard InChI is InChI=1S/C32H36ClN4O7SSi/c1-45(40)36-31(39)20-10-11-21(22(14-20)19-8-6-5-7-9-19)27-23(33)15-24-30(35-27)37(18-41-12-13-46(2,3)4)32(34-24)44-26-17-43-28-25(38)16-42-29(26)28/h5-11,14-15,25-26,28-29,38H,12-13,16-18H2,1-4H3/q-1/t25-,26-,28-,29-/m1/s1. The fourth-order valence-corrected chi connectivity index (χ4v) is 6.87. The predicted octanol–water partition coefficient (Wildman–Crippen LogP) is 5.55. The van der Waals surface area contributed by atoms with Crippen LogP contribution in [0.5, 0.6) is 6.01 Å². The number of halogens is 1. The zero-order valence-corrected chi connectivity index (χ0v) is 28.6. The van der Waals surface area contributed by atoms with Gasteiger partial charge in [-0.05, 0) is 35.4 Å². The Labute approximate surface area is 275 Å². The molecular weight excluding hydrogens is 648 g/mol. The number of pyridine rings is 1. The van der Waals surface area contributed by atoms with Crippen molar-refractivity contribution < 1.29 is 33.1 Å². The van der Waals surface area contributed by atoms with Crippen molar-refractivity contribution >= 4 is 47.3 Å². The molecule has 1 N–H and O–H groups in total. The van der Waals surface area contributed by atoms with Crippen LogP contribution in [0.3, 0.4) is 0 Å². The first-order valence-electron chi connectivity index (χ1n) is 15.0. The van der Waals surface area contributed by atoms with Gasteiger partial charge in [0.05, 0.1) is 23.9 Å². The Kier molecular flexibility index (Phi) is 9.62. The molecule has 6 rings (SSSR count). The molecule has 2 aromatic carbocycles. The molecule has 46 heavy (non-hydrogen) atoms. The number of amides is 1. The molecule has 4 heterocycles. The molecule has 2 saturated heterocycles. The monoisotopic (exact) mass is 683 g/mol. The summed E-state index contributed by atoms with van der Waals surface area (Å²) < 4.78 is 41.2. The maximum atomic E-state index is 12.7. The molecule has 0 radical (unpaired) electrons. The lowest BCUT2D eigenvalue weighted by Crippen LogP contribution is -2.35. The number of ether oxygens (including phenoxy) is 4. The van der Waals surface area contributed by atoms with Crippen molar-refractivity contribution in [3.63, 3.8) is 0 Å². The number of aliphatic hydroxyl groups excluding tert-OH is 1. The second kappa shape index (κ2) is 13.5. The van der Waals surface area contributed by atoms with Gasteiger partial charge in [-0.25, -0.2) is 4.98 Å². The molecule has 0 saturated carbocycles. The minimum atomic E-state index is -1.64. The third-order valence-corrected chi connectivity index (χ3v) is 10.3. The topological polar surface area (TPSA) is 134 Å². The van der Waals surface area contributed by atoms with Gasteiger partial charge in [0, 0.05) is 25.8 Å². The van der Waals surface area contributed by atoms with Crippen LogP contribution < -0.4 is 4.74 Å². The van der Waals surface area contributed by atoms with Gasteiger partial charge in [-0.1, -0.05) is 67.6 Å². The van der Waals surface area contributed by atoms with Gasteiger partial charge in [-0.3, -0.25) is 9.36 Å². The Hall–Kier alpha value is -3.17. The summed E-state index contributed by atoms with van der Waals surface area (Å²) in [7, 11) is -2.98. The summed E-state index contributed by atoms with van der Waals surface area (Å²) in [6.07, 6.45) is -0.710. The van der Waals surface area contributed by atoms with E-state index in [0.717, 1.165) is 11.6 Å². The van der Waals surface area contributed by atoms with Gasteiger partial charge in [0.1, 0.15) is 30.6 Å². The summed E-state index contributed by atoms with van der Waals surface area (Å²) >= 11 is 6.89. The van der Waals surface area contributed by atoms with Crippen molar-refractivity contribution in [1.82, 2.24) is 14.5 Å². The predicted molar refractivity (Wildman–Crippen MR) is 178 cm³/mol. The number of benzene rings is 2. The maximum absolute atomic E-state index is 12.7. The lowest BCUT2D eigenvalue weighted by molar-refractivity contribution is 0.00336. The zero-order valence-electron chi connectivity index (χ0n) is 26.0. The molecule has 2 aliphatic rings. The van der Waals surface area contributed by atoms with E-state index in [4.69, 9.17) is 40.5 Å². The van der Waals surface area contributed by atoms with E-state index in [0.29, 0.717) is 45.2 Å². The zero-order chi connectivity index (χ0) is 32.6. The molecule has 4 atom stereocenters. The quantitative estimate of drug-likeness (QED) is 0.130. The van der Waals surface area contributed by atoms with Gasteiger partial charge >= 0.3 is 6.01 Å².